The van der Waals surface area contributed by atoms with Crippen LogP contribution in [0.1, 0.15) is 31.4 Å². The van der Waals surface area contributed by atoms with Crippen molar-refractivity contribution < 1.29 is 14.6 Å². The van der Waals surface area contributed by atoms with Gasteiger partial charge in [-0.15, -0.1) is 0 Å². The highest BCUT2D eigenvalue weighted by Crippen LogP contribution is 2.35. The van der Waals surface area contributed by atoms with Crippen molar-refractivity contribution in [3.63, 3.8) is 0 Å². The van der Waals surface area contributed by atoms with Crippen LogP contribution < -0.4 is 5.63 Å². The Kier molecular flexibility index (Phi) is 3.28. The fourth-order valence-corrected chi connectivity index (χ4v) is 2.38. The molecule has 18 heavy (non-hydrogen) atoms. The zero-order valence-corrected chi connectivity index (χ0v) is 10.5. The molecule has 4 heteroatoms. The Morgan fingerprint density at radius 3 is 2.50 bits per heavy atom. The molecular formula is C14H16O4. The van der Waals surface area contributed by atoms with Gasteiger partial charge in [-0.25, -0.2) is 4.79 Å². The van der Waals surface area contributed by atoms with E-state index in [9.17, 15) is 15.0 Å². The Labute approximate surface area is 104 Å². The van der Waals surface area contributed by atoms with Gasteiger partial charge in [-0.05, 0) is 24.8 Å². The van der Waals surface area contributed by atoms with Gasteiger partial charge in [-0.3, -0.25) is 0 Å². The van der Waals surface area contributed by atoms with E-state index in [0.717, 1.165) is 18.4 Å². The predicted molar refractivity (Wildman–Crippen MR) is 69.2 cm³/mol. The van der Waals surface area contributed by atoms with Crippen LogP contribution >= 0.6 is 0 Å². The van der Waals surface area contributed by atoms with Gasteiger partial charge in [0.25, 0.3) is 0 Å². The van der Waals surface area contributed by atoms with Gasteiger partial charge in [0, 0.05) is 17.7 Å². The van der Waals surface area contributed by atoms with E-state index in [0.29, 0.717) is 17.4 Å². The van der Waals surface area contributed by atoms with E-state index in [1.807, 2.05) is 13.8 Å². The summed E-state index contributed by atoms with van der Waals surface area (Å²) in [5.74, 6) is -0.136. The number of aromatic hydroxyl groups is 2. The fourth-order valence-electron chi connectivity index (χ4n) is 2.38. The Bertz CT molecular complexity index is 640. The molecule has 0 atom stereocenters. The van der Waals surface area contributed by atoms with Gasteiger partial charge in [0.2, 0.25) is 0 Å². The molecule has 96 valence electrons. The summed E-state index contributed by atoms with van der Waals surface area (Å²) >= 11 is 0. The van der Waals surface area contributed by atoms with Gasteiger partial charge in [-0.2, -0.15) is 0 Å². The summed E-state index contributed by atoms with van der Waals surface area (Å²) in [4.78, 5) is 11.6. The average Bonchev–Trinajstić information content (AvgIpc) is 2.80. The fraction of sp³-hybridized carbons (Fsp3) is 0.357. The molecule has 1 aromatic carbocycles. The van der Waals surface area contributed by atoms with E-state index >= 15 is 0 Å². The minimum absolute atomic E-state index is 0.0306. The van der Waals surface area contributed by atoms with Crippen LogP contribution in [0.2, 0.25) is 0 Å². The number of fused-ring (bicyclic) bond motifs is 3. The Hall–Kier alpha value is -1.97. The van der Waals surface area contributed by atoms with Crippen LogP contribution in [0.3, 0.4) is 0 Å². The molecule has 4 nitrogen and oxygen atoms in total. The number of hydrogen-bond acceptors (Lipinski definition) is 4. The monoisotopic (exact) mass is 248 g/mol. The van der Waals surface area contributed by atoms with Crippen molar-refractivity contribution in [2.45, 2.75) is 33.1 Å². The van der Waals surface area contributed by atoms with E-state index < -0.39 is 0 Å². The van der Waals surface area contributed by atoms with Crippen LogP contribution in [0.5, 0.6) is 11.5 Å². The SMILES string of the molecule is CC.O=c1oc2cc(O)cc(O)c2c2c1CCC2. The number of phenols is 2. The van der Waals surface area contributed by atoms with Gasteiger partial charge in [-0.1, -0.05) is 13.8 Å². The summed E-state index contributed by atoms with van der Waals surface area (Å²) in [7, 11) is 0. The summed E-state index contributed by atoms with van der Waals surface area (Å²) in [5, 5.41) is 19.7. The number of phenolic OH excluding ortho intramolecular Hbond substituents is 2. The summed E-state index contributed by atoms with van der Waals surface area (Å²) in [5.41, 5.74) is 1.42. The molecule has 0 spiro atoms. The lowest BCUT2D eigenvalue weighted by Gasteiger charge is -2.06. The Morgan fingerprint density at radius 2 is 1.78 bits per heavy atom. The summed E-state index contributed by atoms with van der Waals surface area (Å²) < 4.78 is 5.09. The quantitative estimate of drug-likeness (QED) is 0.703. The molecule has 0 fully saturated rings. The summed E-state index contributed by atoms with van der Waals surface area (Å²) in [6, 6.07) is 2.62. The van der Waals surface area contributed by atoms with E-state index in [-0.39, 0.29) is 22.7 Å². The molecule has 0 saturated heterocycles. The standard InChI is InChI=1S/C12H10O4.C2H6/c13-6-4-9(14)11-7-2-1-3-8(7)12(15)16-10(11)5-6;1-2/h4-5,13-14H,1-3H2;1-2H3. The maximum absolute atomic E-state index is 11.6. The van der Waals surface area contributed by atoms with Gasteiger partial charge < -0.3 is 14.6 Å². The third-order valence-electron chi connectivity index (χ3n) is 3.03. The smallest absolute Gasteiger partial charge is 0.339 e. The van der Waals surface area contributed by atoms with Crippen LogP contribution in [-0.2, 0) is 12.8 Å². The molecular weight excluding hydrogens is 232 g/mol. The highest BCUT2D eigenvalue weighted by Gasteiger charge is 2.21. The van der Waals surface area contributed by atoms with Crippen molar-refractivity contribution in [2.24, 2.45) is 0 Å². The first-order chi connectivity index (χ1) is 8.66. The largest absolute Gasteiger partial charge is 0.508 e. The van der Waals surface area contributed by atoms with Gasteiger partial charge in [0.15, 0.2) is 0 Å². The third kappa shape index (κ3) is 1.83. The second-order valence-corrected chi connectivity index (χ2v) is 4.04. The van der Waals surface area contributed by atoms with Gasteiger partial charge in [0.1, 0.15) is 17.1 Å². The first kappa shape index (κ1) is 12.5. The molecule has 0 saturated carbocycles. The lowest BCUT2D eigenvalue weighted by Crippen LogP contribution is -2.06. The Balaban J connectivity index is 0.000000574. The highest BCUT2D eigenvalue weighted by molar-refractivity contribution is 5.89. The number of hydrogen-bond donors (Lipinski definition) is 2. The van der Waals surface area contributed by atoms with Crippen molar-refractivity contribution in [3.05, 3.63) is 33.7 Å². The van der Waals surface area contributed by atoms with Crippen LogP contribution in [0.15, 0.2) is 21.3 Å². The maximum atomic E-state index is 11.6. The number of rotatable bonds is 0. The number of benzene rings is 1. The maximum Gasteiger partial charge on any atom is 0.339 e. The van der Waals surface area contributed by atoms with Crippen molar-refractivity contribution >= 4 is 11.0 Å². The topological polar surface area (TPSA) is 70.7 Å². The lowest BCUT2D eigenvalue weighted by atomic mass is 10.1. The molecule has 0 radical (unpaired) electrons. The molecule has 1 aliphatic carbocycles. The van der Waals surface area contributed by atoms with Crippen LogP contribution in [0, 0.1) is 0 Å². The molecule has 0 bridgehead atoms. The van der Waals surface area contributed by atoms with Crippen LogP contribution in [0.25, 0.3) is 11.0 Å². The molecule has 2 N–H and O–H groups in total. The van der Waals surface area contributed by atoms with Crippen LogP contribution in [-0.4, -0.2) is 10.2 Å². The predicted octanol–water partition coefficient (Wildman–Crippen LogP) is 2.72. The molecule has 2 aromatic rings. The molecule has 3 rings (SSSR count). The molecule has 0 amide bonds. The van der Waals surface area contributed by atoms with E-state index in [1.165, 1.54) is 12.1 Å². The van der Waals surface area contributed by atoms with Gasteiger partial charge in [0.05, 0.1) is 5.39 Å². The third-order valence-corrected chi connectivity index (χ3v) is 3.03. The average molecular weight is 248 g/mol. The summed E-state index contributed by atoms with van der Waals surface area (Å²) in [6.07, 6.45) is 2.38. The highest BCUT2D eigenvalue weighted by atomic mass is 16.4. The molecule has 0 unspecified atom stereocenters. The van der Waals surface area contributed by atoms with Crippen molar-refractivity contribution in [3.8, 4) is 11.5 Å². The zero-order valence-electron chi connectivity index (χ0n) is 10.5. The molecule has 1 aliphatic rings. The van der Waals surface area contributed by atoms with E-state index in [1.54, 1.807) is 0 Å². The minimum Gasteiger partial charge on any atom is -0.508 e. The van der Waals surface area contributed by atoms with E-state index in [4.69, 9.17) is 4.42 Å². The minimum atomic E-state index is -0.356. The van der Waals surface area contributed by atoms with Crippen LogP contribution in [0.4, 0.5) is 0 Å². The second kappa shape index (κ2) is 4.72. The van der Waals surface area contributed by atoms with E-state index in [2.05, 4.69) is 0 Å². The second-order valence-electron chi connectivity index (χ2n) is 4.04. The number of aryl methyl sites for hydroxylation is 1. The molecule has 1 aromatic heterocycles. The Morgan fingerprint density at radius 1 is 1.11 bits per heavy atom. The van der Waals surface area contributed by atoms with Crippen molar-refractivity contribution in [2.75, 3.05) is 0 Å². The first-order valence-electron chi connectivity index (χ1n) is 6.17. The molecule has 1 heterocycles. The molecule has 0 aliphatic heterocycles. The normalized spacial score (nSPS) is 13.0. The van der Waals surface area contributed by atoms with Gasteiger partial charge >= 0.3 is 5.63 Å². The summed E-state index contributed by atoms with van der Waals surface area (Å²) in [6.45, 7) is 4.00. The van der Waals surface area contributed by atoms with Crippen molar-refractivity contribution in [1.29, 1.82) is 0 Å². The van der Waals surface area contributed by atoms with Crippen molar-refractivity contribution in [1.82, 2.24) is 0 Å². The lowest BCUT2D eigenvalue weighted by molar-refractivity contribution is 0.450. The first-order valence-corrected chi connectivity index (χ1v) is 6.17. The zero-order chi connectivity index (χ0) is 13.3.